The van der Waals surface area contributed by atoms with Crippen LogP contribution in [0.4, 0.5) is 0 Å². The summed E-state index contributed by atoms with van der Waals surface area (Å²) in [6.45, 7) is 2.01. The third-order valence-corrected chi connectivity index (χ3v) is 2.81. The van der Waals surface area contributed by atoms with Crippen LogP contribution >= 0.6 is 0 Å². The second-order valence-corrected chi connectivity index (χ2v) is 3.77. The van der Waals surface area contributed by atoms with Crippen LogP contribution < -0.4 is 0 Å². The van der Waals surface area contributed by atoms with E-state index in [0.717, 1.165) is 6.42 Å². The normalized spacial score (nSPS) is 23.2. The lowest BCUT2D eigenvalue weighted by Gasteiger charge is -2.25. The van der Waals surface area contributed by atoms with Gasteiger partial charge in [-0.05, 0) is 32.1 Å². The summed E-state index contributed by atoms with van der Waals surface area (Å²) in [6, 6.07) is 0. The molecule has 0 unspecified atom stereocenters. The molecule has 0 spiro atoms. The number of aliphatic hydroxyl groups is 1. The van der Waals surface area contributed by atoms with Crippen LogP contribution in [-0.4, -0.2) is 11.2 Å². The molecule has 0 amide bonds. The first kappa shape index (κ1) is 9.79. The van der Waals surface area contributed by atoms with Crippen molar-refractivity contribution in [3.63, 3.8) is 0 Å². The predicted molar refractivity (Wildman–Crippen MR) is 52.0 cm³/mol. The molecule has 0 aromatic heterocycles. The van der Waals surface area contributed by atoms with Crippen LogP contribution in [-0.2, 0) is 0 Å². The van der Waals surface area contributed by atoms with Crippen LogP contribution in [0.2, 0.25) is 0 Å². The maximum atomic E-state index is 9.75. The molecule has 1 aliphatic carbocycles. The van der Waals surface area contributed by atoms with E-state index < -0.39 is 0 Å². The Kier molecular flexibility index (Phi) is 4.37. The van der Waals surface area contributed by atoms with Crippen molar-refractivity contribution in [3.05, 3.63) is 12.2 Å². The smallest absolute Gasteiger partial charge is 0.0602 e. The molecule has 0 saturated heterocycles. The van der Waals surface area contributed by atoms with Crippen molar-refractivity contribution in [2.24, 2.45) is 5.92 Å². The average Bonchev–Trinajstić information content (AvgIpc) is 2.15. The van der Waals surface area contributed by atoms with E-state index >= 15 is 0 Å². The van der Waals surface area contributed by atoms with Gasteiger partial charge in [0.2, 0.25) is 0 Å². The minimum Gasteiger partial charge on any atom is -0.393 e. The largest absolute Gasteiger partial charge is 0.393 e. The van der Waals surface area contributed by atoms with Crippen LogP contribution in [0.5, 0.6) is 0 Å². The molecular formula is C11H20O. The second-order valence-electron chi connectivity index (χ2n) is 3.77. The zero-order valence-corrected chi connectivity index (χ0v) is 8.00. The third-order valence-electron chi connectivity index (χ3n) is 2.81. The SMILES string of the molecule is C/C=C\C[C@@H](O)C1CCCCC1. The van der Waals surface area contributed by atoms with Crippen molar-refractivity contribution >= 4 is 0 Å². The molecule has 12 heavy (non-hydrogen) atoms. The molecule has 1 aliphatic rings. The fourth-order valence-electron chi connectivity index (χ4n) is 1.99. The highest BCUT2D eigenvalue weighted by atomic mass is 16.3. The number of aliphatic hydroxyl groups excluding tert-OH is 1. The van der Waals surface area contributed by atoms with Crippen LogP contribution in [0, 0.1) is 5.92 Å². The lowest BCUT2D eigenvalue weighted by molar-refractivity contribution is 0.0873. The van der Waals surface area contributed by atoms with Crippen LogP contribution in [0.25, 0.3) is 0 Å². The molecule has 0 bridgehead atoms. The van der Waals surface area contributed by atoms with Gasteiger partial charge in [-0.2, -0.15) is 0 Å². The first-order valence-electron chi connectivity index (χ1n) is 5.14. The summed E-state index contributed by atoms with van der Waals surface area (Å²) in [4.78, 5) is 0. The zero-order chi connectivity index (χ0) is 8.81. The Morgan fingerprint density at radius 1 is 1.33 bits per heavy atom. The molecule has 1 fully saturated rings. The Labute approximate surface area is 75.5 Å². The van der Waals surface area contributed by atoms with E-state index in [1.54, 1.807) is 0 Å². The van der Waals surface area contributed by atoms with Gasteiger partial charge < -0.3 is 5.11 Å². The van der Waals surface area contributed by atoms with Gasteiger partial charge in [0.05, 0.1) is 6.10 Å². The number of hydrogen-bond donors (Lipinski definition) is 1. The minimum atomic E-state index is -0.0819. The van der Waals surface area contributed by atoms with E-state index in [4.69, 9.17) is 0 Å². The van der Waals surface area contributed by atoms with E-state index in [2.05, 4.69) is 6.08 Å². The summed E-state index contributed by atoms with van der Waals surface area (Å²) < 4.78 is 0. The van der Waals surface area contributed by atoms with Crippen molar-refractivity contribution in [1.29, 1.82) is 0 Å². The molecule has 0 radical (unpaired) electrons. The molecule has 0 aliphatic heterocycles. The second kappa shape index (κ2) is 5.36. The van der Waals surface area contributed by atoms with Crippen molar-refractivity contribution in [3.8, 4) is 0 Å². The summed E-state index contributed by atoms with van der Waals surface area (Å²) in [6.07, 6.45) is 11.3. The Morgan fingerprint density at radius 2 is 2.00 bits per heavy atom. The maximum absolute atomic E-state index is 9.75. The van der Waals surface area contributed by atoms with Gasteiger partial charge in [0, 0.05) is 0 Å². The van der Waals surface area contributed by atoms with Gasteiger partial charge in [0.25, 0.3) is 0 Å². The third kappa shape index (κ3) is 2.98. The molecule has 1 rings (SSSR count). The minimum absolute atomic E-state index is 0.0819. The van der Waals surface area contributed by atoms with E-state index in [9.17, 15) is 5.11 Å². The fourth-order valence-corrected chi connectivity index (χ4v) is 1.99. The van der Waals surface area contributed by atoms with Crippen molar-refractivity contribution < 1.29 is 5.11 Å². The van der Waals surface area contributed by atoms with Gasteiger partial charge in [-0.3, -0.25) is 0 Å². The van der Waals surface area contributed by atoms with E-state index in [-0.39, 0.29) is 6.10 Å². The molecule has 1 atom stereocenters. The topological polar surface area (TPSA) is 20.2 Å². The summed E-state index contributed by atoms with van der Waals surface area (Å²) >= 11 is 0. The van der Waals surface area contributed by atoms with Crippen LogP contribution in [0.1, 0.15) is 45.4 Å². The van der Waals surface area contributed by atoms with Gasteiger partial charge in [0.1, 0.15) is 0 Å². The molecule has 0 heterocycles. The number of hydrogen-bond acceptors (Lipinski definition) is 1. The number of allylic oxidation sites excluding steroid dienone is 1. The Bertz CT molecular complexity index is 134. The van der Waals surface area contributed by atoms with Crippen molar-refractivity contribution in [1.82, 2.24) is 0 Å². The summed E-state index contributed by atoms with van der Waals surface area (Å²) in [5, 5.41) is 9.75. The van der Waals surface area contributed by atoms with Gasteiger partial charge in [0.15, 0.2) is 0 Å². The van der Waals surface area contributed by atoms with E-state index in [1.165, 1.54) is 32.1 Å². The average molecular weight is 168 g/mol. The van der Waals surface area contributed by atoms with Crippen molar-refractivity contribution in [2.75, 3.05) is 0 Å². The molecule has 0 aromatic carbocycles. The lowest BCUT2D eigenvalue weighted by Crippen LogP contribution is -2.21. The van der Waals surface area contributed by atoms with Crippen LogP contribution in [0.15, 0.2) is 12.2 Å². The quantitative estimate of drug-likeness (QED) is 0.642. The Morgan fingerprint density at radius 3 is 2.58 bits per heavy atom. The maximum Gasteiger partial charge on any atom is 0.0602 e. The summed E-state index contributed by atoms with van der Waals surface area (Å²) in [5.74, 6) is 0.579. The Balaban J connectivity index is 2.24. The lowest BCUT2D eigenvalue weighted by atomic mass is 9.84. The summed E-state index contributed by atoms with van der Waals surface area (Å²) in [7, 11) is 0. The van der Waals surface area contributed by atoms with Gasteiger partial charge in [-0.1, -0.05) is 31.4 Å². The standard InChI is InChI=1S/C11H20O/c1-2-3-9-11(12)10-7-5-4-6-8-10/h2-3,10-12H,4-9H2,1H3/b3-2-/t11-/m1/s1. The zero-order valence-electron chi connectivity index (χ0n) is 8.00. The predicted octanol–water partition coefficient (Wildman–Crippen LogP) is 2.89. The molecule has 0 aromatic rings. The molecule has 1 N–H and O–H groups in total. The van der Waals surface area contributed by atoms with Crippen molar-refractivity contribution in [2.45, 2.75) is 51.6 Å². The molecule has 1 heteroatoms. The van der Waals surface area contributed by atoms with Gasteiger partial charge in [-0.25, -0.2) is 0 Å². The first-order valence-corrected chi connectivity index (χ1v) is 5.14. The Hall–Kier alpha value is -0.300. The highest BCUT2D eigenvalue weighted by Crippen LogP contribution is 2.27. The van der Waals surface area contributed by atoms with Crippen LogP contribution in [0.3, 0.4) is 0 Å². The van der Waals surface area contributed by atoms with Gasteiger partial charge in [-0.15, -0.1) is 0 Å². The first-order chi connectivity index (χ1) is 5.84. The van der Waals surface area contributed by atoms with E-state index in [1.807, 2.05) is 13.0 Å². The summed E-state index contributed by atoms with van der Waals surface area (Å²) in [5.41, 5.74) is 0. The number of rotatable bonds is 3. The molecule has 1 saturated carbocycles. The fraction of sp³-hybridized carbons (Fsp3) is 0.818. The highest BCUT2D eigenvalue weighted by Gasteiger charge is 2.20. The van der Waals surface area contributed by atoms with E-state index in [0.29, 0.717) is 5.92 Å². The molecular weight excluding hydrogens is 148 g/mol. The highest BCUT2D eigenvalue weighted by molar-refractivity contribution is 4.84. The molecule has 1 nitrogen and oxygen atoms in total. The van der Waals surface area contributed by atoms with Gasteiger partial charge >= 0.3 is 0 Å². The molecule has 70 valence electrons. The monoisotopic (exact) mass is 168 g/mol.